The van der Waals surface area contributed by atoms with Crippen LogP contribution in [0.1, 0.15) is 53.6 Å². The molecule has 3 aliphatic rings. The molecule has 0 radical (unpaired) electrons. The van der Waals surface area contributed by atoms with Crippen molar-refractivity contribution in [2.75, 3.05) is 19.7 Å². The SMILES string of the molecule is O=C(C=Cc1ccc2c(c1)C(=O)NC1(CCCN(Cc3ccc(F)cc3)C1)O2)NOC1CCCCO1. The van der Waals surface area contributed by atoms with Gasteiger partial charge in [0.2, 0.25) is 0 Å². The Balaban J connectivity index is 1.20. The standard InChI is InChI=1S/C27H30FN3O5/c28-21-9-5-20(6-10-21)17-31-14-3-13-27(18-31)29-26(33)22-16-19(7-11-23(22)35-27)8-12-24(32)30-36-25-4-1-2-15-34-25/h5-12,16,25H,1-4,13-15,17-18H2,(H,29,33)(H,30,32). The molecule has 2 amide bonds. The molecule has 8 nitrogen and oxygen atoms in total. The number of carbonyl (C=O) groups excluding carboxylic acids is 2. The van der Waals surface area contributed by atoms with Gasteiger partial charge in [-0.1, -0.05) is 18.2 Å². The zero-order valence-corrected chi connectivity index (χ0v) is 20.0. The van der Waals surface area contributed by atoms with Gasteiger partial charge in [-0.3, -0.25) is 14.5 Å². The number of piperidine rings is 1. The van der Waals surface area contributed by atoms with Crippen LogP contribution in [0.25, 0.3) is 6.08 Å². The fraction of sp³-hybridized carbons (Fsp3) is 0.407. The lowest BCUT2D eigenvalue weighted by Gasteiger charge is -2.45. The number of hydrogen-bond acceptors (Lipinski definition) is 6. The lowest BCUT2D eigenvalue weighted by atomic mass is 9.97. The molecule has 0 aromatic heterocycles. The first-order chi connectivity index (χ1) is 17.5. The van der Waals surface area contributed by atoms with E-state index in [1.165, 1.54) is 18.2 Å². The summed E-state index contributed by atoms with van der Waals surface area (Å²) in [4.78, 5) is 32.6. The average molecular weight is 496 g/mol. The number of ether oxygens (including phenoxy) is 2. The van der Waals surface area contributed by atoms with Gasteiger partial charge in [0.05, 0.1) is 12.1 Å². The number of nitrogens with zero attached hydrogens (tertiary/aromatic N) is 1. The molecule has 3 heterocycles. The molecular weight excluding hydrogens is 465 g/mol. The second-order valence-electron chi connectivity index (χ2n) is 9.46. The Morgan fingerprint density at radius 1 is 1.22 bits per heavy atom. The molecule has 2 saturated heterocycles. The minimum Gasteiger partial charge on any atom is -0.466 e. The topological polar surface area (TPSA) is 89.1 Å². The minimum absolute atomic E-state index is 0.211. The fourth-order valence-corrected chi connectivity index (χ4v) is 4.84. The highest BCUT2D eigenvalue weighted by Crippen LogP contribution is 2.34. The van der Waals surface area contributed by atoms with Crippen molar-refractivity contribution in [1.82, 2.24) is 15.7 Å². The normalized spacial score (nSPS) is 24.2. The third-order valence-electron chi connectivity index (χ3n) is 6.60. The summed E-state index contributed by atoms with van der Waals surface area (Å²) in [6, 6.07) is 11.7. The fourth-order valence-electron chi connectivity index (χ4n) is 4.84. The third kappa shape index (κ3) is 5.92. The molecule has 0 aliphatic carbocycles. The van der Waals surface area contributed by atoms with E-state index in [0.29, 0.717) is 43.0 Å². The predicted molar refractivity (Wildman–Crippen MR) is 130 cm³/mol. The van der Waals surface area contributed by atoms with Crippen LogP contribution < -0.4 is 15.5 Å². The highest BCUT2D eigenvalue weighted by atomic mass is 19.1. The lowest BCUT2D eigenvalue weighted by molar-refractivity contribution is -0.198. The maximum absolute atomic E-state index is 13.2. The number of halogens is 1. The number of carbonyl (C=O) groups is 2. The summed E-state index contributed by atoms with van der Waals surface area (Å²) >= 11 is 0. The highest BCUT2D eigenvalue weighted by Gasteiger charge is 2.43. The van der Waals surface area contributed by atoms with Crippen molar-refractivity contribution < 1.29 is 28.3 Å². The molecule has 2 fully saturated rings. The summed E-state index contributed by atoms with van der Waals surface area (Å²) in [5.74, 6) is -0.366. The lowest BCUT2D eigenvalue weighted by Crippen LogP contribution is -2.63. The Morgan fingerprint density at radius 3 is 2.89 bits per heavy atom. The van der Waals surface area contributed by atoms with Gasteiger partial charge in [-0.05, 0) is 67.3 Å². The van der Waals surface area contributed by atoms with E-state index in [1.807, 2.05) is 0 Å². The van der Waals surface area contributed by atoms with Crippen LogP contribution in [0.5, 0.6) is 5.75 Å². The van der Waals surface area contributed by atoms with Gasteiger partial charge in [-0.25, -0.2) is 14.7 Å². The van der Waals surface area contributed by atoms with Gasteiger partial charge in [0.25, 0.3) is 11.8 Å². The van der Waals surface area contributed by atoms with E-state index in [4.69, 9.17) is 14.3 Å². The number of nitrogens with one attached hydrogen (secondary N) is 2. The molecule has 2 aromatic carbocycles. The van der Waals surface area contributed by atoms with Crippen molar-refractivity contribution >= 4 is 17.9 Å². The molecule has 36 heavy (non-hydrogen) atoms. The Kier molecular flexibility index (Phi) is 7.31. The van der Waals surface area contributed by atoms with Crippen molar-refractivity contribution in [1.29, 1.82) is 0 Å². The Morgan fingerprint density at radius 2 is 2.08 bits per heavy atom. The van der Waals surface area contributed by atoms with Gasteiger partial charge in [0, 0.05) is 32.1 Å². The molecule has 1 spiro atoms. The monoisotopic (exact) mass is 495 g/mol. The zero-order valence-electron chi connectivity index (χ0n) is 20.0. The Bertz CT molecular complexity index is 1130. The summed E-state index contributed by atoms with van der Waals surface area (Å²) in [5.41, 5.74) is 3.69. The summed E-state index contributed by atoms with van der Waals surface area (Å²) < 4.78 is 25.0. The number of amides is 2. The van der Waals surface area contributed by atoms with Gasteiger partial charge in [-0.2, -0.15) is 0 Å². The predicted octanol–water partition coefficient (Wildman–Crippen LogP) is 3.53. The van der Waals surface area contributed by atoms with Gasteiger partial charge < -0.3 is 14.8 Å². The van der Waals surface area contributed by atoms with Crippen molar-refractivity contribution in [2.24, 2.45) is 0 Å². The Labute approximate surface area is 209 Å². The summed E-state index contributed by atoms with van der Waals surface area (Å²) in [7, 11) is 0. The third-order valence-corrected chi connectivity index (χ3v) is 6.60. The van der Waals surface area contributed by atoms with Crippen LogP contribution in [0.3, 0.4) is 0 Å². The van der Waals surface area contributed by atoms with Crippen LogP contribution in [0.4, 0.5) is 4.39 Å². The highest BCUT2D eigenvalue weighted by molar-refractivity contribution is 5.99. The first-order valence-corrected chi connectivity index (χ1v) is 12.4. The quantitative estimate of drug-likeness (QED) is 0.471. The van der Waals surface area contributed by atoms with E-state index in [2.05, 4.69) is 15.7 Å². The van der Waals surface area contributed by atoms with Crippen LogP contribution in [0.2, 0.25) is 0 Å². The van der Waals surface area contributed by atoms with Crippen molar-refractivity contribution in [3.8, 4) is 5.75 Å². The molecule has 2 aromatic rings. The molecule has 190 valence electrons. The smallest absolute Gasteiger partial charge is 0.267 e. The van der Waals surface area contributed by atoms with Crippen molar-refractivity contribution in [2.45, 2.75) is 50.7 Å². The van der Waals surface area contributed by atoms with E-state index in [9.17, 15) is 14.0 Å². The first-order valence-electron chi connectivity index (χ1n) is 12.4. The molecule has 9 heteroatoms. The minimum atomic E-state index is -0.807. The summed E-state index contributed by atoms with van der Waals surface area (Å²) in [5, 5.41) is 3.06. The number of likely N-dealkylation sites (tertiary alicyclic amines) is 1. The van der Waals surface area contributed by atoms with Gasteiger partial charge >= 0.3 is 0 Å². The van der Waals surface area contributed by atoms with Gasteiger partial charge in [0.1, 0.15) is 11.6 Å². The van der Waals surface area contributed by atoms with Gasteiger partial charge in [-0.15, -0.1) is 0 Å². The van der Waals surface area contributed by atoms with E-state index in [1.54, 1.807) is 36.4 Å². The maximum Gasteiger partial charge on any atom is 0.267 e. The number of benzene rings is 2. The molecule has 5 rings (SSSR count). The zero-order chi connectivity index (χ0) is 25.0. The maximum atomic E-state index is 13.2. The largest absolute Gasteiger partial charge is 0.466 e. The second-order valence-corrected chi connectivity index (χ2v) is 9.46. The van der Waals surface area contributed by atoms with E-state index >= 15 is 0 Å². The van der Waals surface area contributed by atoms with Crippen LogP contribution in [0.15, 0.2) is 48.5 Å². The number of fused-ring (bicyclic) bond motifs is 1. The molecule has 2 N–H and O–H groups in total. The second kappa shape index (κ2) is 10.8. The first kappa shape index (κ1) is 24.4. The van der Waals surface area contributed by atoms with Crippen LogP contribution in [-0.4, -0.2) is 48.4 Å². The van der Waals surface area contributed by atoms with Gasteiger partial charge in [0.15, 0.2) is 12.0 Å². The average Bonchev–Trinajstić information content (AvgIpc) is 2.88. The van der Waals surface area contributed by atoms with E-state index in [-0.39, 0.29) is 11.7 Å². The molecule has 2 atom stereocenters. The molecule has 0 bridgehead atoms. The van der Waals surface area contributed by atoms with E-state index in [0.717, 1.165) is 37.8 Å². The van der Waals surface area contributed by atoms with E-state index < -0.39 is 17.9 Å². The number of rotatable bonds is 6. The molecule has 0 saturated carbocycles. The Hall–Kier alpha value is -3.27. The van der Waals surface area contributed by atoms with Crippen LogP contribution in [0, 0.1) is 5.82 Å². The van der Waals surface area contributed by atoms with Crippen LogP contribution in [-0.2, 0) is 20.9 Å². The number of hydrogen-bond donors (Lipinski definition) is 2. The molecule has 3 aliphatic heterocycles. The molecule has 2 unspecified atom stereocenters. The molecular formula is C27H30FN3O5. The van der Waals surface area contributed by atoms with Crippen molar-refractivity contribution in [3.63, 3.8) is 0 Å². The van der Waals surface area contributed by atoms with Crippen molar-refractivity contribution in [3.05, 3.63) is 71.0 Å². The summed E-state index contributed by atoms with van der Waals surface area (Å²) in [6.45, 7) is 2.68. The summed E-state index contributed by atoms with van der Waals surface area (Å²) in [6.07, 6.45) is 6.85. The van der Waals surface area contributed by atoms with Crippen LogP contribution >= 0.6 is 0 Å². The number of hydroxylamine groups is 1.